The molecule has 0 bridgehead atoms. The second-order valence-electron chi connectivity index (χ2n) is 5.31. The van der Waals surface area contributed by atoms with E-state index in [-0.39, 0.29) is 11.9 Å². The molecule has 1 fully saturated rings. The van der Waals surface area contributed by atoms with E-state index in [0.29, 0.717) is 25.1 Å². The minimum Gasteiger partial charge on any atom is -0.481 e. The van der Waals surface area contributed by atoms with E-state index in [1.54, 1.807) is 43.3 Å². The number of hydrogen-bond acceptors (Lipinski definition) is 4. The van der Waals surface area contributed by atoms with Crippen LogP contribution in [0.2, 0.25) is 0 Å². The number of likely N-dealkylation sites (tertiary alicyclic amines) is 1. The Balaban J connectivity index is 2.03. The monoisotopic (exact) mass is 292 g/mol. The Labute approximate surface area is 123 Å². The first-order valence-corrected chi connectivity index (χ1v) is 7.10. The van der Waals surface area contributed by atoms with Gasteiger partial charge in [-0.2, -0.15) is 0 Å². The van der Waals surface area contributed by atoms with Crippen LogP contribution >= 0.6 is 0 Å². The molecule has 1 N–H and O–H groups in total. The third-order valence-electron chi connectivity index (χ3n) is 3.88. The van der Waals surface area contributed by atoms with Crippen molar-refractivity contribution in [3.63, 3.8) is 0 Å². The minimum atomic E-state index is -0.846. The molecule has 2 rings (SSSR count). The van der Waals surface area contributed by atoms with Crippen molar-refractivity contribution in [3.8, 4) is 5.75 Å². The zero-order chi connectivity index (χ0) is 15.4. The van der Waals surface area contributed by atoms with E-state index < -0.39 is 18.0 Å². The molecule has 1 aliphatic rings. The molecule has 2 heterocycles. The summed E-state index contributed by atoms with van der Waals surface area (Å²) in [6.07, 6.45) is 3.82. The van der Waals surface area contributed by atoms with Gasteiger partial charge in [0.05, 0.1) is 12.1 Å². The molecular formula is C15H20N2O4. The molecule has 6 nitrogen and oxygen atoms in total. The van der Waals surface area contributed by atoms with Crippen molar-refractivity contribution < 1.29 is 19.4 Å². The Morgan fingerprint density at radius 3 is 2.90 bits per heavy atom. The van der Waals surface area contributed by atoms with Crippen molar-refractivity contribution in [2.45, 2.75) is 38.8 Å². The molecule has 1 aliphatic heterocycles. The zero-order valence-corrected chi connectivity index (χ0v) is 12.2. The van der Waals surface area contributed by atoms with Crippen LogP contribution in [0.15, 0.2) is 24.5 Å². The van der Waals surface area contributed by atoms with Gasteiger partial charge in [-0.15, -0.1) is 0 Å². The number of hydrogen-bond donors (Lipinski definition) is 1. The van der Waals surface area contributed by atoms with Gasteiger partial charge in [0.2, 0.25) is 0 Å². The number of carboxylic acids is 1. The first-order chi connectivity index (χ1) is 10.0. The maximum absolute atomic E-state index is 12.5. The summed E-state index contributed by atoms with van der Waals surface area (Å²) in [5.41, 5.74) is 0. The van der Waals surface area contributed by atoms with Crippen LogP contribution in [0.25, 0.3) is 0 Å². The largest absolute Gasteiger partial charge is 0.481 e. The van der Waals surface area contributed by atoms with Gasteiger partial charge in [0.25, 0.3) is 5.91 Å². The lowest BCUT2D eigenvalue weighted by atomic mass is 9.90. The summed E-state index contributed by atoms with van der Waals surface area (Å²) in [4.78, 5) is 29.2. The van der Waals surface area contributed by atoms with Crippen LogP contribution in [0.3, 0.4) is 0 Å². The molecule has 0 spiro atoms. The summed E-state index contributed by atoms with van der Waals surface area (Å²) in [6.45, 7) is 4.03. The lowest BCUT2D eigenvalue weighted by Gasteiger charge is -2.38. The summed E-state index contributed by atoms with van der Waals surface area (Å²) < 4.78 is 5.57. The molecule has 114 valence electrons. The number of pyridine rings is 1. The highest BCUT2D eigenvalue weighted by Gasteiger charge is 2.37. The molecular weight excluding hydrogens is 272 g/mol. The van der Waals surface area contributed by atoms with Crippen LogP contribution < -0.4 is 4.74 Å². The van der Waals surface area contributed by atoms with Crippen molar-refractivity contribution in [2.24, 2.45) is 5.92 Å². The standard InChI is InChI=1S/C15H20N2O4/c1-10-13(15(19)20)6-4-8-17(10)14(18)11(2)21-12-5-3-7-16-9-12/h3,5,7,9-11,13H,4,6,8H2,1-2H3,(H,19,20)/t10-,11?,13-/m0/s1. The van der Waals surface area contributed by atoms with Crippen LogP contribution in [-0.2, 0) is 9.59 Å². The second kappa shape index (κ2) is 6.56. The lowest BCUT2D eigenvalue weighted by molar-refractivity contribution is -0.151. The topological polar surface area (TPSA) is 79.7 Å². The van der Waals surface area contributed by atoms with E-state index in [1.165, 1.54) is 0 Å². The number of carbonyl (C=O) groups is 2. The van der Waals surface area contributed by atoms with Gasteiger partial charge in [-0.25, -0.2) is 0 Å². The van der Waals surface area contributed by atoms with Crippen LogP contribution in [-0.4, -0.2) is 45.6 Å². The van der Waals surface area contributed by atoms with Crippen LogP contribution in [0.4, 0.5) is 0 Å². The average molecular weight is 292 g/mol. The first-order valence-electron chi connectivity index (χ1n) is 7.10. The van der Waals surface area contributed by atoms with Gasteiger partial charge in [-0.3, -0.25) is 14.6 Å². The van der Waals surface area contributed by atoms with Gasteiger partial charge >= 0.3 is 5.97 Å². The molecule has 0 aromatic carbocycles. The molecule has 21 heavy (non-hydrogen) atoms. The molecule has 1 amide bonds. The molecule has 0 aliphatic carbocycles. The average Bonchev–Trinajstić information content (AvgIpc) is 2.47. The van der Waals surface area contributed by atoms with E-state index >= 15 is 0 Å². The Morgan fingerprint density at radius 1 is 1.52 bits per heavy atom. The molecule has 0 saturated carbocycles. The first kappa shape index (κ1) is 15.3. The Morgan fingerprint density at radius 2 is 2.29 bits per heavy atom. The van der Waals surface area contributed by atoms with Gasteiger partial charge in [0.1, 0.15) is 5.75 Å². The molecule has 1 saturated heterocycles. The fraction of sp³-hybridized carbons (Fsp3) is 0.533. The predicted octanol–water partition coefficient (Wildman–Crippen LogP) is 1.56. The van der Waals surface area contributed by atoms with E-state index in [9.17, 15) is 14.7 Å². The summed E-state index contributed by atoms with van der Waals surface area (Å²) in [7, 11) is 0. The third kappa shape index (κ3) is 3.51. The van der Waals surface area contributed by atoms with Crippen LogP contribution in [0.5, 0.6) is 5.75 Å². The van der Waals surface area contributed by atoms with Crippen molar-refractivity contribution in [1.82, 2.24) is 9.88 Å². The Kier molecular flexibility index (Phi) is 4.77. The molecule has 6 heteroatoms. The summed E-state index contributed by atoms with van der Waals surface area (Å²) in [6, 6.07) is 3.15. The van der Waals surface area contributed by atoms with Crippen LogP contribution in [0, 0.1) is 5.92 Å². The van der Waals surface area contributed by atoms with Crippen LogP contribution in [0.1, 0.15) is 26.7 Å². The fourth-order valence-electron chi connectivity index (χ4n) is 2.69. The van der Waals surface area contributed by atoms with Crippen molar-refractivity contribution in [2.75, 3.05) is 6.54 Å². The van der Waals surface area contributed by atoms with Crippen molar-refractivity contribution in [1.29, 1.82) is 0 Å². The van der Waals surface area contributed by atoms with Gasteiger partial charge in [0, 0.05) is 18.8 Å². The number of nitrogens with zero attached hydrogens (tertiary/aromatic N) is 2. The van der Waals surface area contributed by atoms with Gasteiger partial charge < -0.3 is 14.7 Å². The number of rotatable bonds is 4. The predicted molar refractivity (Wildman–Crippen MR) is 75.9 cm³/mol. The van der Waals surface area contributed by atoms with E-state index in [1.807, 2.05) is 0 Å². The molecule has 3 atom stereocenters. The number of amides is 1. The highest BCUT2D eigenvalue weighted by atomic mass is 16.5. The van der Waals surface area contributed by atoms with Crippen molar-refractivity contribution in [3.05, 3.63) is 24.5 Å². The molecule has 1 aromatic rings. The second-order valence-corrected chi connectivity index (χ2v) is 5.31. The number of aliphatic carboxylic acids is 1. The highest BCUT2D eigenvalue weighted by molar-refractivity contribution is 5.82. The Hall–Kier alpha value is -2.11. The molecule has 1 aromatic heterocycles. The maximum Gasteiger partial charge on any atom is 0.308 e. The van der Waals surface area contributed by atoms with Gasteiger partial charge in [-0.1, -0.05) is 0 Å². The summed E-state index contributed by atoms with van der Waals surface area (Å²) in [5, 5.41) is 9.20. The molecule has 1 unspecified atom stereocenters. The smallest absolute Gasteiger partial charge is 0.308 e. The molecule has 0 radical (unpaired) electrons. The summed E-state index contributed by atoms with van der Waals surface area (Å²) >= 11 is 0. The van der Waals surface area contributed by atoms with E-state index in [0.717, 1.165) is 0 Å². The number of piperidine rings is 1. The Bertz CT molecular complexity index is 506. The number of carbonyl (C=O) groups excluding carboxylic acids is 1. The van der Waals surface area contributed by atoms with E-state index in [4.69, 9.17) is 4.74 Å². The van der Waals surface area contributed by atoms with E-state index in [2.05, 4.69) is 4.98 Å². The van der Waals surface area contributed by atoms with Crippen molar-refractivity contribution >= 4 is 11.9 Å². The third-order valence-corrected chi connectivity index (χ3v) is 3.88. The number of ether oxygens (including phenoxy) is 1. The fourth-order valence-corrected chi connectivity index (χ4v) is 2.69. The normalized spacial score (nSPS) is 23.4. The summed E-state index contributed by atoms with van der Waals surface area (Å²) in [5.74, 6) is -1.01. The maximum atomic E-state index is 12.5. The highest BCUT2D eigenvalue weighted by Crippen LogP contribution is 2.25. The lowest BCUT2D eigenvalue weighted by Crippen LogP contribution is -2.52. The number of aromatic nitrogens is 1. The minimum absolute atomic E-state index is 0.183. The zero-order valence-electron chi connectivity index (χ0n) is 12.2. The number of carboxylic acid groups (broad SMARTS) is 1. The van der Waals surface area contributed by atoms with Gasteiger partial charge in [-0.05, 0) is 38.8 Å². The SMILES string of the molecule is CC(Oc1cccnc1)C(=O)N1CCC[C@H](C(=O)O)[C@@H]1C. The van der Waals surface area contributed by atoms with Gasteiger partial charge in [0.15, 0.2) is 6.10 Å². The quantitative estimate of drug-likeness (QED) is 0.911.